The largest absolute Gasteiger partial charge is 0.444 e. The van der Waals surface area contributed by atoms with E-state index in [4.69, 9.17) is 4.74 Å². The Labute approximate surface area is 115 Å². The number of ether oxygens (including phenoxy) is 1. The van der Waals surface area contributed by atoms with E-state index in [0.717, 1.165) is 19.4 Å². The molecule has 1 saturated heterocycles. The van der Waals surface area contributed by atoms with Crippen LogP contribution in [0.5, 0.6) is 0 Å². The average molecular weight is 270 g/mol. The Bertz CT molecular complexity index is 353. The molecule has 0 unspecified atom stereocenters. The van der Waals surface area contributed by atoms with Crippen molar-refractivity contribution >= 4 is 12.0 Å². The first-order valence-electron chi connectivity index (χ1n) is 6.81. The number of likely N-dealkylation sites (tertiary alicyclic amines) is 1. The smallest absolute Gasteiger partial charge is 0.414 e. The molecule has 1 rings (SSSR count). The lowest BCUT2D eigenvalue weighted by Gasteiger charge is -2.36. The summed E-state index contributed by atoms with van der Waals surface area (Å²) < 4.78 is 5.10. The molecular formula is C14H26N2O3. The van der Waals surface area contributed by atoms with Gasteiger partial charge in [0.2, 0.25) is 5.91 Å². The Hall–Kier alpha value is -1.10. The lowest BCUT2D eigenvalue weighted by atomic mass is 10.0. The Morgan fingerprint density at radius 2 is 1.74 bits per heavy atom. The fourth-order valence-corrected chi connectivity index (χ4v) is 2.33. The van der Waals surface area contributed by atoms with Gasteiger partial charge in [-0.25, -0.2) is 4.79 Å². The van der Waals surface area contributed by atoms with Gasteiger partial charge in [-0.1, -0.05) is 0 Å². The van der Waals surface area contributed by atoms with Gasteiger partial charge in [-0.2, -0.15) is 0 Å². The summed E-state index contributed by atoms with van der Waals surface area (Å²) in [7, 11) is 0. The highest BCUT2D eigenvalue weighted by molar-refractivity contribution is 5.95. The van der Waals surface area contributed by atoms with Gasteiger partial charge in [0.1, 0.15) is 5.60 Å². The van der Waals surface area contributed by atoms with Gasteiger partial charge >= 0.3 is 6.09 Å². The summed E-state index contributed by atoms with van der Waals surface area (Å²) in [6.07, 6.45) is 1.09. The first-order valence-corrected chi connectivity index (χ1v) is 6.81. The fourth-order valence-electron chi connectivity index (χ4n) is 2.33. The Morgan fingerprint density at radius 1 is 1.16 bits per heavy atom. The van der Waals surface area contributed by atoms with Crippen molar-refractivity contribution in [2.75, 3.05) is 6.54 Å². The average Bonchev–Trinajstić information content (AvgIpc) is 2.60. The second-order valence-corrected chi connectivity index (χ2v) is 7.01. The lowest BCUT2D eigenvalue weighted by Crippen LogP contribution is -2.52. The van der Waals surface area contributed by atoms with Crippen molar-refractivity contribution in [2.24, 2.45) is 0 Å². The first-order chi connectivity index (χ1) is 8.50. The van der Waals surface area contributed by atoms with Crippen LogP contribution in [0.15, 0.2) is 0 Å². The van der Waals surface area contributed by atoms with Gasteiger partial charge in [-0.3, -0.25) is 15.0 Å². The van der Waals surface area contributed by atoms with Crippen molar-refractivity contribution in [3.63, 3.8) is 0 Å². The zero-order valence-corrected chi connectivity index (χ0v) is 12.9. The lowest BCUT2D eigenvalue weighted by molar-refractivity contribution is -0.126. The summed E-state index contributed by atoms with van der Waals surface area (Å²) in [5, 5.41) is 2.34. The molecule has 5 nitrogen and oxygen atoms in total. The Morgan fingerprint density at radius 3 is 2.21 bits per heavy atom. The van der Waals surface area contributed by atoms with E-state index in [1.54, 1.807) is 20.8 Å². The van der Waals surface area contributed by atoms with Crippen LogP contribution in [0.3, 0.4) is 0 Å². The first kappa shape index (κ1) is 16.0. The predicted molar refractivity (Wildman–Crippen MR) is 73.9 cm³/mol. The van der Waals surface area contributed by atoms with E-state index in [1.807, 2.05) is 0 Å². The topological polar surface area (TPSA) is 58.6 Å². The molecule has 0 aliphatic carbocycles. The Balaban J connectivity index is 2.61. The van der Waals surface area contributed by atoms with Crippen LogP contribution in [0.25, 0.3) is 0 Å². The minimum absolute atomic E-state index is 0.0769. The number of amides is 2. The van der Waals surface area contributed by atoms with Gasteiger partial charge < -0.3 is 4.74 Å². The molecule has 0 aromatic carbocycles. The monoisotopic (exact) mass is 270 g/mol. The number of nitrogens with one attached hydrogen (secondary N) is 1. The molecular weight excluding hydrogens is 244 g/mol. The molecule has 1 N–H and O–H groups in total. The van der Waals surface area contributed by atoms with Gasteiger partial charge in [-0.05, 0) is 60.9 Å². The van der Waals surface area contributed by atoms with Crippen molar-refractivity contribution in [1.29, 1.82) is 0 Å². The number of hydrogen-bond donors (Lipinski definition) is 1. The highest BCUT2D eigenvalue weighted by Gasteiger charge is 2.38. The molecule has 1 fully saturated rings. The van der Waals surface area contributed by atoms with Crippen LogP contribution < -0.4 is 5.32 Å². The summed E-state index contributed by atoms with van der Waals surface area (Å²) in [5.74, 6) is -0.262. The molecule has 1 atom stereocenters. The highest BCUT2D eigenvalue weighted by Crippen LogP contribution is 2.26. The molecule has 0 saturated carbocycles. The number of carbonyl (C=O) groups is 2. The van der Waals surface area contributed by atoms with Crippen LogP contribution in [-0.2, 0) is 9.53 Å². The number of carbonyl (C=O) groups excluding carboxylic acids is 2. The van der Waals surface area contributed by atoms with Gasteiger partial charge in [0.05, 0.1) is 6.04 Å². The van der Waals surface area contributed by atoms with Crippen molar-refractivity contribution < 1.29 is 14.3 Å². The molecule has 1 aliphatic rings. The number of nitrogens with zero attached hydrogens (tertiary/aromatic N) is 1. The van der Waals surface area contributed by atoms with E-state index in [0.29, 0.717) is 0 Å². The molecule has 0 bridgehead atoms. The molecule has 0 spiro atoms. The number of alkyl carbamates (subject to hydrolysis) is 1. The quantitative estimate of drug-likeness (QED) is 0.794. The van der Waals surface area contributed by atoms with Crippen LogP contribution in [-0.4, -0.2) is 40.6 Å². The van der Waals surface area contributed by atoms with Crippen LogP contribution in [0, 0.1) is 0 Å². The number of rotatable bonds is 1. The van der Waals surface area contributed by atoms with Crippen molar-refractivity contribution in [2.45, 2.75) is 71.6 Å². The third kappa shape index (κ3) is 4.82. The van der Waals surface area contributed by atoms with Crippen molar-refractivity contribution in [3.8, 4) is 0 Å². The molecule has 19 heavy (non-hydrogen) atoms. The van der Waals surface area contributed by atoms with Crippen LogP contribution in [0.1, 0.15) is 54.4 Å². The standard InChI is InChI=1S/C14H26N2O3/c1-13(2,3)16-9-7-8-10(16)11(17)15-12(18)19-14(4,5)6/h10H,7-9H2,1-6H3,(H,15,17,18)/t10-/m0/s1. The Kier molecular flexibility index (Phi) is 4.61. The van der Waals surface area contributed by atoms with E-state index in [2.05, 4.69) is 31.0 Å². The summed E-state index contributed by atoms with van der Waals surface area (Å²) in [6.45, 7) is 12.4. The van der Waals surface area contributed by atoms with E-state index in [1.165, 1.54) is 0 Å². The maximum Gasteiger partial charge on any atom is 0.414 e. The number of hydrogen-bond acceptors (Lipinski definition) is 4. The zero-order chi connectivity index (χ0) is 14.8. The number of imide groups is 1. The second-order valence-electron chi connectivity index (χ2n) is 7.01. The molecule has 0 radical (unpaired) electrons. The normalized spacial score (nSPS) is 21.3. The van der Waals surface area contributed by atoms with Gasteiger partial charge in [0, 0.05) is 5.54 Å². The molecule has 0 aromatic rings. The zero-order valence-electron chi connectivity index (χ0n) is 12.9. The summed E-state index contributed by atoms with van der Waals surface area (Å²) in [6, 6.07) is -0.243. The molecule has 0 aromatic heterocycles. The van der Waals surface area contributed by atoms with Crippen LogP contribution in [0.2, 0.25) is 0 Å². The second kappa shape index (κ2) is 5.49. The van der Waals surface area contributed by atoms with Gasteiger partial charge in [0.15, 0.2) is 0 Å². The summed E-state index contributed by atoms with van der Waals surface area (Å²) >= 11 is 0. The minimum Gasteiger partial charge on any atom is -0.444 e. The van der Waals surface area contributed by atoms with Crippen LogP contribution in [0.4, 0.5) is 4.79 Å². The van der Waals surface area contributed by atoms with E-state index >= 15 is 0 Å². The molecule has 1 heterocycles. The van der Waals surface area contributed by atoms with E-state index < -0.39 is 11.7 Å². The molecule has 110 valence electrons. The highest BCUT2D eigenvalue weighted by atomic mass is 16.6. The van der Waals surface area contributed by atoms with E-state index in [-0.39, 0.29) is 17.5 Å². The van der Waals surface area contributed by atoms with Gasteiger partial charge in [-0.15, -0.1) is 0 Å². The SMILES string of the molecule is CC(C)(C)OC(=O)NC(=O)[C@@H]1CCCN1C(C)(C)C. The summed E-state index contributed by atoms with van der Waals surface area (Å²) in [4.78, 5) is 25.9. The third-order valence-electron chi connectivity index (χ3n) is 3.04. The van der Waals surface area contributed by atoms with Gasteiger partial charge in [0.25, 0.3) is 0 Å². The fraction of sp³-hybridized carbons (Fsp3) is 0.857. The van der Waals surface area contributed by atoms with Crippen molar-refractivity contribution in [3.05, 3.63) is 0 Å². The predicted octanol–water partition coefficient (Wildman–Crippen LogP) is 2.30. The maximum atomic E-state index is 12.1. The molecule has 5 heteroatoms. The van der Waals surface area contributed by atoms with Crippen molar-refractivity contribution in [1.82, 2.24) is 10.2 Å². The third-order valence-corrected chi connectivity index (χ3v) is 3.04. The van der Waals surface area contributed by atoms with Crippen LogP contribution >= 0.6 is 0 Å². The minimum atomic E-state index is -0.668. The summed E-state index contributed by atoms with van der Waals surface area (Å²) in [5.41, 5.74) is -0.670. The maximum absolute atomic E-state index is 12.1. The van der Waals surface area contributed by atoms with E-state index in [9.17, 15) is 9.59 Å². The molecule has 2 amide bonds. The molecule has 1 aliphatic heterocycles.